The standard InChI is InChI=1S/C13H11Cl2NO5/c14-6-13(7-15)5-9(13)12(18)21-11(17)8-3-1-2-4-10(8)16(19)20/h1-4,9H,5-7H2. The molecule has 8 heteroatoms. The Morgan fingerprint density at radius 3 is 2.48 bits per heavy atom. The predicted octanol–water partition coefficient (Wildman–Crippen LogP) is 2.76. The number of para-hydroxylation sites is 1. The van der Waals surface area contributed by atoms with E-state index >= 15 is 0 Å². The molecule has 0 aliphatic heterocycles. The highest BCUT2D eigenvalue weighted by molar-refractivity contribution is 6.22. The summed E-state index contributed by atoms with van der Waals surface area (Å²) in [7, 11) is 0. The quantitative estimate of drug-likeness (QED) is 0.272. The fraction of sp³-hybridized carbons (Fsp3) is 0.385. The minimum absolute atomic E-state index is 0.190. The summed E-state index contributed by atoms with van der Waals surface area (Å²) in [5.41, 5.74) is -1.21. The Bertz CT molecular complexity index is 600. The Hall–Kier alpha value is -1.66. The van der Waals surface area contributed by atoms with Gasteiger partial charge in [0.1, 0.15) is 5.56 Å². The normalized spacial score (nSPS) is 18.9. The molecule has 1 aromatic rings. The molecule has 6 nitrogen and oxygen atoms in total. The summed E-state index contributed by atoms with van der Waals surface area (Å²) in [4.78, 5) is 33.9. The lowest BCUT2D eigenvalue weighted by molar-refractivity contribution is -0.385. The second-order valence-electron chi connectivity index (χ2n) is 4.87. The van der Waals surface area contributed by atoms with Crippen molar-refractivity contribution >= 4 is 40.8 Å². The summed E-state index contributed by atoms with van der Waals surface area (Å²) in [6, 6.07) is 5.27. The minimum Gasteiger partial charge on any atom is -0.389 e. The van der Waals surface area contributed by atoms with Crippen molar-refractivity contribution in [1.82, 2.24) is 0 Å². The minimum atomic E-state index is -1.04. The van der Waals surface area contributed by atoms with E-state index in [1.54, 1.807) is 0 Å². The second kappa shape index (κ2) is 5.99. The topological polar surface area (TPSA) is 86.5 Å². The van der Waals surface area contributed by atoms with Crippen molar-refractivity contribution in [3.8, 4) is 0 Å². The smallest absolute Gasteiger partial charge is 0.352 e. The maximum Gasteiger partial charge on any atom is 0.352 e. The first-order valence-electron chi connectivity index (χ1n) is 6.06. The number of nitrogens with zero attached hydrogens (tertiary/aromatic N) is 1. The number of ether oxygens (including phenoxy) is 1. The molecule has 0 spiro atoms. The number of nitro benzene ring substituents is 1. The van der Waals surface area contributed by atoms with Crippen LogP contribution in [0.5, 0.6) is 0 Å². The van der Waals surface area contributed by atoms with Crippen molar-refractivity contribution in [3.05, 3.63) is 39.9 Å². The number of benzene rings is 1. The van der Waals surface area contributed by atoms with E-state index in [-0.39, 0.29) is 17.3 Å². The van der Waals surface area contributed by atoms with Gasteiger partial charge in [-0.2, -0.15) is 0 Å². The molecule has 0 radical (unpaired) electrons. The van der Waals surface area contributed by atoms with Gasteiger partial charge >= 0.3 is 11.9 Å². The molecule has 0 N–H and O–H groups in total. The maximum atomic E-state index is 11.9. The van der Waals surface area contributed by atoms with Gasteiger partial charge in [-0.3, -0.25) is 14.9 Å². The van der Waals surface area contributed by atoms with Gasteiger partial charge in [0, 0.05) is 23.2 Å². The van der Waals surface area contributed by atoms with Crippen LogP contribution in [0.1, 0.15) is 16.8 Å². The number of hydrogen-bond acceptors (Lipinski definition) is 5. The van der Waals surface area contributed by atoms with Crippen LogP contribution in [0.25, 0.3) is 0 Å². The molecular weight excluding hydrogens is 321 g/mol. The monoisotopic (exact) mass is 331 g/mol. The number of carbonyl (C=O) groups is 2. The van der Waals surface area contributed by atoms with Crippen LogP contribution in [-0.2, 0) is 9.53 Å². The molecule has 1 aliphatic rings. The highest BCUT2D eigenvalue weighted by Crippen LogP contribution is 2.54. The molecule has 0 amide bonds. The van der Waals surface area contributed by atoms with Gasteiger partial charge in [-0.05, 0) is 12.5 Å². The molecule has 2 rings (SSSR count). The Morgan fingerprint density at radius 2 is 1.95 bits per heavy atom. The third-order valence-corrected chi connectivity index (χ3v) is 4.58. The lowest BCUT2D eigenvalue weighted by Gasteiger charge is -2.08. The van der Waals surface area contributed by atoms with Gasteiger partial charge in [-0.25, -0.2) is 4.79 Å². The third-order valence-electron chi connectivity index (χ3n) is 3.52. The predicted molar refractivity (Wildman–Crippen MR) is 75.5 cm³/mol. The fourth-order valence-electron chi connectivity index (χ4n) is 2.03. The van der Waals surface area contributed by atoms with Gasteiger partial charge in [0.15, 0.2) is 0 Å². The molecule has 21 heavy (non-hydrogen) atoms. The average molecular weight is 332 g/mol. The van der Waals surface area contributed by atoms with E-state index < -0.39 is 33.9 Å². The number of carbonyl (C=O) groups excluding carboxylic acids is 2. The highest BCUT2D eigenvalue weighted by atomic mass is 35.5. The SMILES string of the molecule is O=C(OC(=O)C1CC1(CCl)CCl)c1ccccc1[N+](=O)[O-]. The van der Waals surface area contributed by atoms with E-state index in [2.05, 4.69) is 0 Å². The summed E-state index contributed by atoms with van der Waals surface area (Å²) >= 11 is 11.5. The number of esters is 2. The molecule has 1 unspecified atom stereocenters. The molecule has 0 bridgehead atoms. The van der Waals surface area contributed by atoms with Crippen molar-refractivity contribution in [2.75, 3.05) is 11.8 Å². The Morgan fingerprint density at radius 1 is 1.33 bits per heavy atom. The molecule has 0 saturated heterocycles. The summed E-state index contributed by atoms with van der Waals surface area (Å²) < 4.78 is 4.71. The van der Waals surface area contributed by atoms with Crippen LogP contribution in [0, 0.1) is 21.4 Å². The largest absolute Gasteiger partial charge is 0.389 e. The zero-order valence-electron chi connectivity index (χ0n) is 10.8. The number of hydrogen-bond donors (Lipinski definition) is 0. The first-order valence-corrected chi connectivity index (χ1v) is 7.13. The van der Waals surface area contributed by atoms with E-state index in [9.17, 15) is 19.7 Å². The molecule has 1 atom stereocenters. The van der Waals surface area contributed by atoms with Crippen LogP contribution in [0.3, 0.4) is 0 Å². The number of halogens is 2. The second-order valence-corrected chi connectivity index (χ2v) is 5.40. The number of nitro groups is 1. The van der Waals surface area contributed by atoms with Gasteiger partial charge in [-0.1, -0.05) is 12.1 Å². The van der Waals surface area contributed by atoms with Crippen molar-refractivity contribution in [2.24, 2.45) is 11.3 Å². The van der Waals surface area contributed by atoms with Gasteiger partial charge in [0.2, 0.25) is 0 Å². The molecule has 112 valence electrons. The Balaban J connectivity index is 2.10. The maximum absolute atomic E-state index is 11.9. The zero-order valence-corrected chi connectivity index (χ0v) is 12.3. The molecular formula is C13H11Cl2NO5. The number of rotatable bonds is 5. The molecule has 1 aromatic carbocycles. The Labute approximate surface area is 130 Å². The first kappa shape index (κ1) is 15.7. The van der Waals surface area contributed by atoms with Crippen LogP contribution in [0.4, 0.5) is 5.69 Å². The van der Waals surface area contributed by atoms with Gasteiger partial charge < -0.3 is 4.74 Å². The van der Waals surface area contributed by atoms with Gasteiger partial charge in [-0.15, -0.1) is 23.2 Å². The average Bonchev–Trinajstić information content (AvgIpc) is 3.22. The van der Waals surface area contributed by atoms with Crippen LogP contribution >= 0.6 is 23.2 Å². The third kappa shape index (κ3) is 3.01. The summed E-state index contributed by atoms with van der Waals surface area (Å²) in [6.45, 7) is 0. The first-order chi connectivity index (χ1) is 9.95. The van der Waals surface area contributed by atoms with E-state index in [4.69, 9.17) is 27.9 Å². The van der Waals surface area contributed by atoms with E-state index in [0.717, 1.165) is 0 Å². The van der Waals surface area contributed by atoms with Crippen LogP contribution in [0.2, 0.25) is 0 Å². The lowest BCUT2D eigenvalue weighted by atomic mass is 10.1. The molecule has 0 heterocycles. The molecule has 1 saturated carbocycles. The molecule has 1 fully saturated rings. The van der Waals surface area contributed by atoms with Crippen LogP contribution < -0.4 is 0 Å². The number of alkyl halides is 2. The molecule has 1 aliphatic carbocycles. The lowest BCUT2D eigenvalue weighted by Crippen LogP contribution is -2.20. The summed E-state index contributed by atoms with van der Waals surface area (Å²) in [6.07, 6.45) is 0.447. The van der Waals surface area contributed by atoms with Crippen molar-refractivity contribution in [1.29, 1.82) is 0 Å². The van der Waals surface area contributed by atoms with E-state index in [1.807, 2.05) is 0 Å². The summed E-state index contributed by atoms with van der Waals surface area (Å²) in [5, 5.41) is 10.8. The zero-order chi connectivity index (χ0) is 15.6. The summed E-state index contributed by atoms with van der Waals surface area (Å²) in [5.74, 6) is -1.96. The highest BCUT2D eigenvalue weighted by Gasteiger charge is 2.58. The van der Waals surface area contributed by atoms with Crippen molar-refractivity contribution in [2.45, 2.75) is 6.42 Å². The fourth-order valence-corrected chi connectivity index (χ4v) is 2.91. The van der Waals surface area contributed by atoms with Crippen molar-refractivity contribution in [3.63, 3.8) is 0 Å². The van der Waals surface area contributed by atoms with Gasteiger partial charge in [0.05, 0.1) is 10.8 Å². The van der Waals surface area contributed by atoms with Crippen LogP contribution in [-0.4, -0.2) is 28.6 Å². The van der Waals surface area contributed by atoms with E-state index in [0.29, 0.717) is 6.42 Å². The Kier molecular flexibility index (Phi) is 4.49. The van der Waals surface area contributed by atoms with E-state index in [1.165, 1.54) is 24.3 Å². The molecule has 0 aromatic heterocycles. The van der Waals surface area contributed by atoms with Crippen LogP contribution in [0.15, 0.2) is 24.3 Å². The van der Waals surface area contributed by atoms with Crippen molar-refractivity contribution < 1.29 is 19.2 Å². The van der Waals surface area contributed by atoms with Gasteiger partial charge in [0.25, 0.3) is 5.69 Å².